The van der Waals surface area contributed by atoms with Crippen LogP contribution in [0.15, 0.2) is 12.4 Å². The molecular formula is C15H22N6O2. The monoisotopic (exact) mass is 318 g/mol. The Morgan fingerprint density at radius 2 is 2.26 bits per heavy atom. The summed E-state index contributed by atoms with van der Waals surface area (Å²) in [5.41, 5.74) is 2.66. The first kappa shape index (κ1) is 15.8. The van der Waals surface area contributed by atoms with Crippen LogP contribution in [0, 0.1) is 0 Å². The van der Waals surface area contributed by atoms with Gasteiger partial charge in [0.1, 0.15) is 12.1 Å². The van der Waals surface area contributed by atoms with Crippen LogP contribution in [0.3, 0.4) is 0 Å². The fourth-order valence-electron chi connectivity index (χ4n) is 3.00. The number of methoxy groups -OCH3 is 1. The van der Waals surface area contributed by atoms with Gasteiger partial charge < -0.3 is 15.0 Å². The third-order valence-electron chi connectivity index (χ3n) is 4.09. The Balaban J connectivity index is 1.76. The molecule has 8 nitrogen and oxygen atoms in total. The minimum Gasteiger partial charge on any atom is -0.375 e. The summed E-state index contributed by atoms with van der Waals surface area (Å²) in [6.45, 7) is 3.19. The molecule has 3 heterocycles. The molecule has 1 aliphatic heterocycles. The fraction of sp³-hybridized carbons (Fsp3) is 0.600. The third kappa shape index (κ3) is 3.48. The Labute approximate surface area is 134 Å². The maximum Gasteiger partial charge on any atom is 0.246 e. The van der Waals surface area contributed by atoms with E-state index in [1.54, 1.807) is 12.4 Å². The lowest BCUT2D eigenvalue weighted by molar-refractivity contribution is -0.124. The van der Waals surface area contributed by atoms with E-state index in [2.05, 4.69) is 27.2 Å². The lowest BCUT2D eigenvalue weighted by Gasteiger charge is -2.07. The Kier molecular flexibility index (Phi) is 4.82. The average Bonchev–Trinajstić information content (AvgIpc) is 3.12. The SMILES string of the molecule is COCC(=O)NCCn1nc(C2CCN(C)C2)c2nccnc21. The summed E-state index contributed by atoms with van der Waals surface area (Å²) in [5.74, 6) is 0.260. The lowest BCUT2D eigenvalue weighted by atomic mass is 10.0. The molecule has 1 aliphatic rings. The summed E-state index contributed by atoms with van der Waals surface area (Å²) in [4.78, 5) is 22.6. The number of aromatic nitrogens is 4. The molecule has 3 rings (SSSR count). The maximum absolute atomic E-state index is 11.4. The number of amides is 1. The molecule has 1 saturated heterocycles. The van der Waals surface area contributed by atoms with Crippen molar-refractivity contribution in [2.24, 2.45) is 0 Å². The molecule has 0 saturated carbocycles. The van der Waals surface area contributed by atoms with Gasteiger partial charge in [0.05, 0.1) is 12.2 Å². The summed E-state index contributed by atoms with van der Waals surface area (Å²) in [7, 11) is 3.62. The number of carbonyl (C=O) groups is 1. The Morgan fingerprint density at radius 1 is 1.43 bits per heavy atom. The minimum absolute atomic E-state index is 0.0688. The van der Waals surface area contributed by atoms with Crippen LogP contribution in [0.4, 0.5) is 0 Å². The van der Waals surface area contributed by atoms with Crippen molar-refractivity contribution >= 4 is 17.1 Å². The molecule has 1 fully saturated rings. The summed E-state index contributed by atoms with van der Waals surface area (Å²) in [5, 5.41) is 7.53. The topological polar surface area (TPSA) is 85.2 Å². The second-order valence-electron chi connectivity index (χ2n) is 5.87. The number of carbonyl (C=O) groups excluding carboxylic acids is 1. The highest BCUT2D eigenvalue weighted by molar-refractivity contribution is 5.77. The Hall–Kier alpha value is -2.06. The van der Waals surface area contributed by atoms with E-state index >= 15 is 0 Å². The van der Waals surface area contributed by atoms with Crippen LogP contribution in [-0.4, -0.2) is 71.0 Å². The van der Waals surface area contributed by atoms with Crippen molar-refractivity contribution in [3.8, 4) is 0 Å². The molecule has 0 spiro atoms. The van der Waals surface area contributed by atoms with E-state index in [4.69, 9.17) is 9.84 Å². The number of hydrogen-bond donors (Lipinski definition) is 1. The number of fused-ring (bicyclic) bond motifs is 1. The van der Waals surface area contributed by atoms with Crippen LogP contribution in [0.2, 0.25) is 0 Å². The van der Waals surface area contributed by atoms with Gasteiger partial charge in [0.15, 0.2) is 5.65 Å². The number of nitrogens with zero attached hydrogens (tertiary/aromatic N) is 5. The molecule has 2 aromatic heterocycles. The molecule has 0 aliphatic carbocycles. The molecule has 0 radical (unpaired) electrons. The van der Waals surface area contributed by atoms with Crippen LogP contribution >= 0.6 is 0 Å². The van der Waals surface area contributed by atoms with Crippen LogP contribution < -0.4 is 5.32 Å². The molecule has 0 aromatic carbocycles. The van der Waals surface area contributed by atoms with Gasteiger partial charge >= 0.3 is 0 Å². The van der Waals surface area contributed by atoms with Crippen molar-refractivity contribution < 1.29 is 9.53 Å². The number of likely N-dealkylation sites (N-methyl/N-ethyl adjacent to an activating group) is 1. The van der Waals surface area contributed by atoms with E-state index in [0.717, 1.165) is 36.4 Å². The second kappa shape index (κ2) is 7.01. The van der Waals surface area contributed by atoms with Crippen LogP contribution in [0.1, 0.15) is 18.0 Å². The first-order valence-corrected chi connectivity index (χ1v) is 7.80. The van der Waals surface area contributed by atoms with E-state index in [0.29, 0.717) is 19.0 Å². The predicted octanol–water partition coefficient (Wildman–Crippen LogP) is 0.00800. The molecule has 0 bridgehead atoms. The van der Waals surface area contributed by atoms with E-state index in [-0.39, 0.29) is 12.5 Å². The first-order chi connectivity index (χ1) is 11.2. The molecule has 1 amide bonds. The number of ether oxygens (including phenoxy) is 1. The number of rotatable bonds is 6. The molecule has 23 heavy (non-hydrogen) atoms. The number of nitrogens with one attached hydrogen (secondary N) is 1. The largest absolute Gasteiger partial charge is 0.375 e. The summed E-state index contributed by atoms with van der Waals surface area (Å²) in [6, 6.07) is 0. The first-order valence-electron chi connectivity index (χ1n) is 7.80. The predicted molar refractivity (Wildman–Crippen MR) is 85.1 cm³/mol. The zero-order valence-corrected chi connectivity index (χ0v) is 13.5. The number of likely N-dealkylation sites (tertiary alicyclic amines) is 1. The highest BCUT2D eigenvalue weighted by Gasteiger charge is 2.27. The fourth-order valence-corrected chi connectivity index (χ4v) is 3.00. The van der Waals surface area contributed by atoms with Crippen molar-refractivity contribution in [3.05, 3.63) is 18.1 Å². The second-order valence-corrected chi connectivity index (χ2v) is 5.87. The van der Waals surface area contributed by atoms with Crippen LogP contribution in [0.25, 0.3) is 11.2 Å². The summed E-state index contributed by atoms with van der Waals surface area (Å²) < 4.78 is 6.63. The molecule has 2 aromatic rings. The van der Waals surface area contributed by atoms with E-state index in [1.165, 1.54) is 7.11 Å². The normalized spacial score (nSPS) is 18.6. The van der Waals surface area contributed by atoms with Crippen LogP contribution in [0.5, 0.6) is 0 Å². The molecular weight excluding hydrogens is 296 g/mol. The highest BCUT2D eigenvalue weighted by Crippen LogP contribution is 2.29. The smallest absolute Gasteiger partial charge is 0.246 e. The van der Waals surface area contributed by atoms with Crippen molar-refractivity contribution in [2.75, 3.05) is 40.4 Å². The summed E-state index contributed by atoms with van der Waals surface area (Å²) in [6.07, 6.45) is 4.47. The van der Waals surface area contributed by atoms with E-state index in [1.807, 2.05) is 4.68 Å². The highest BCUT2D eigenvalue weighted by atomic mass is 16.5. The van der Waals surface area contributed by atoms with Crippen molar-refractivity contribution in [2.45, 2.75) is 18.9 Å². The van der Waals surface area contributed by atoms with Gasteiger partial charge in [0, 0.05) is 38.5 Å². The Bertz CT molecular complexity index is 686. The zero-order valence-electron chi connectivity index (χ0n) is 13.5. The van der Waals surface area contributed by atoms with Gasteiger partial charge in [0.2, 0.25) is 5.91 Å². The standard InChI is InChI=1S/C15H22N6O2/c1-20-7-3-11(9-20)13-14-15(18-5-4-17-14)21(19-13)8-6-16-12(22)10-23-2/h4-5,11H,3,6-10H2,1-2H3,(H,16,22). The molecule has 1 unspecified atom stereocenters. The van der Waals surface area contributed by atoms with Gasteiger partial charge in [-0.15, -0.1) is 0 Å². The lowest BCUT2D eigenvalue weighted by Crippen LogP contribution is -2.30. The van der Waals surface area contributed by atoms with Gasteiger partial charge in [-0.25, -0.2) is 14.6 Å². The molecule has 8 heteroatoms. The quantitative estimate of drug-likeness (QED) is 0.807. The van der Waals surface area contributed by atoms with Gasteiger partial charge in [-0.05, 0) is 20.0 Å². The van der Waals surface area contributed by atoms with Crippen LogP contribution in [-0.2, 0) is 16.1 Å². The van der Waals surface area contributed by atoms with Crippen molar-refractivity contribution in [1.82, 2.24) is 30.0 Å². The van der Waals surface area contributed by atoms with E-state index < -0.39 is 0 Å². The minimum atomic E-state index is -0.132. The zero-order chi connectivity index (χ0) is 16.2. The van der Waals surface area contributed by atoms with Gasteiger partial charge in [-0.2, -0.15) is 5.10 Å². The third-order valence-corrected chi connectivity index (χ3v) is 4.09. The molecule has 1 atom stereocenters. The number of hydrogen-bond acceptors (Lipinski definition) is 6. The molecule has 1 N–H and O–H groups in total. The van der Waals surface area contributed by atoms with Gasteiger partial charge in [-0.1, -0.05) is 0 Å². The average molecular weight is 318 g/mol. The van der Waals surface area contributed by atoms with Crippen molar-refractivity contribution in [3.63, 3.8) is 0 Å². The van der Waals surface area contributed by atoms with Crippen molar-refractivity contribution in [1.29, 1.82) is 0 Å². The summed E-state index contributed by atoms with van der Waals surface area (Å²) >= 11 is 0. The molecule has 124 valence electrons. The maximum atomic E-state index is 11.4. The van der Waals surface area contributed by atoms with E-state index in [9.17, 15) is 4.79 Å². The van der Waals surface area contributed by atoms with Gasteiger partial charge in [-0.3, -0.25) is 4.79 Å². The van der Waals surface area contributed by atoms with Gasteiger partial charge in [0.25, 0.3) is 0 Å². The Morgan fingerprint density at radius 3 is 3.00 bits per heavy atom.